The molecular formula is C24H26N4O4S. The van der Waals surface area contributed by atoms with E-state index in [0.29, 0.717) is 30.8 Å². The zero-order valence-corrected chi connectivity index (χ0v) is 19.6. The molecule has 33 heavy (non-hydrogen) atoms. The summed E-state index contributed by atoms with van der Waals surface area (Å²) < 4.78 is 23.6. The third-order valence-electron chi connectivity index (χ3n) is 5.59. The molecule has 1 aliphatic rings. The van der Waals surface area contributed by atoms with Crippen LogP contribution in [-0.4, -0.2) is 73.4 Å². The number of carbonyl (C=O) groups excluding carboxylic acids is 2. The number of benzene rings is 1. The lowest BCUT2D eigenvalue weighted by Gasteiger charge is -2.28. The molecule has 4 rings (SSSR count). The van der Waals surface area contributed by atoms with Crippen LogP contribution in [0.5, 0.6) is 0 Å². The normalized spacial score (nSPS) is 14.3. The molecule has 172 valence electrons. The zero-order chi connectivity index (χ0) is 23.8. The predicted octanol–water partition coefficient (Wildman–Crippen LogP) is 2.74. The van der Waals surface area contributed by atoms with Crippen molar-refractivity contribution < 1.29 is 18.0 Å². The highest BCUT2D eigenvalue weighted by molar-refractivity contribution is 7.89. The van der Waals surface area contributed by atoms with E-state index in [-0.39, 0.29) is 23.3 Å². The first-order valence-corrected chi connectivity index (χ1v) is 12.6. The van der Waals surface area contributed by atoms with Crippen molar-refractivity contribution >= 4 is 38.1 Å². The van der Waals surface area contributed by atoms with Gasteiger partial charge in [0.15, 0.2) is 9.84 Å². The summed E-state index contributed by atoms with van der Waals surface area (Å²) in [5.74, 6) is -0.599. The van der Waals surface area contributed by atoms with Gasteiger partial charge in [-0.3, -0.25) is 14.6 Å². The molecule has 0 radical (unpaired) electrons. The maximum absolute atomic E-state index is 13.3. The van der Waals surface area contributed by atoms with Crippen molar-refractivity contribution in [1.29, 1.82) is 0 Å². The SMILES string of the molecule is CN(C)C(=O)c1cc2ccc(C3=CCCN(C(=O)c4cccnc4CS(C)(=O)=O)C3)cc2[nH]1. The van der Waals surface area contributed by atoms with E-state index in [1.807, 2.05) is 24.3 Å². The van der Waals surface area contributed by atoms with E-state index in [1.165, 1.54) is 11.1 Å². The number of hydrogen-bond acceptors (Lipinski definition) is 5. The average molecular weight is 467 g/mol. The Bertz CT molecular complexity index is 1370. The first kappa shape index (κ1) is 22.7. The predicted molar refractivity (Wildman–Crippen MR) is 128 cm³/mol. The second-order valence-corrected chi connectivity index (χ2v) is 10.6. The van der Waals surface area contributed by atoms with Gasteiger partial charge < -0.3 is 14.8 Å². The number of aromatic amines is 1. The van der Waals surface area contributed by atoms with Crippen LogP contribution in [0.2, 0.25) is 0 Å². The van der Waals surface area contributed by atoms with Crippen LogP contribution in [0, 0.1) is 0 Å². The van der Waals surface area contributed by atoms with Crippen molar-refractivity contribution in [1.82, 2.24) is 19.8 Å². The Labute approximate surface area is 192 Å². The van der Waals surface area contributed by atoms with Gasteiger partial charge in [-0.05, 0) is 41.8 Å². The van der Waals surface area contributed by atoms with Crippen molar-refractivity contribution in [2.45, 2.75) is 12.2 Å². The average Bonchev–Trinajstić information content (AvgIpc) is 3.20. The fourth-order valence-electron chi connectivity index (χ4n) is 3.98. The van der Waals surface area contributed by atoms with Gasteiger partial charge in [-0.1, -0.05) is 18.2 Å². The smallest absolute Gasteiger partial charge is 0.269 e. The Kier molecular flexibility index (Phi) is 6.07. The molecule has 0 atom stereocenters. The van der Waals surface area contributed by atoms with Crippen LogP contribution in [0.15, 0.2) is 48.7 Å². The van der Waals surface area contributed by atoms with E-state index >= 15 is 0 Å². The first-order chi connectivity index (χ1) is 15.6. The summed E-state index contributed by atoms with van der Waals surface area (Å²) in [6, 6.07) is 11.0. The molecule has 0 fully saturated rings. The second kappa shape index (κ2) is 8.82. The summed E-state index contributed by atoms with van der Waals surface area (Å²) in [6.45, 7) is 0.948. The van der Waals surface area contributed by atoms with Crippen LogP contribution in [0.25, 0.3) is 16.5 Å². The molecule has 0 unspecified atom stereocenters. The minimum absolute atomic E-state index is 0.0947. The molecule has 3 aromatic rings. The van der Waals surface area contributed by atoms with Gasteiger partial charge in [0.1, 0.15) is 5.69 Å². The Morgan fingerprint density at radius 1 is 1.18 bits per heavy atom. The third kappa shape index (κ3) is 4.98. The van der Waals surface area contributed by atoms with E-state index in [9.17, 15) is 18.0 Å². The number of sulfone groups is 1. The van der Waals surface area contributed by atoms with Crippen LogP contribution in [-0.2, 0) is 15.6 Å². The van der Waals surface area contributed by atoms with Crippen molar-refractivity contribution in [3.63, 3.8) is 0 Å². The van der Waals surface area contributed by atoms with Gasteiger partial charge in [-0.2, -0.15) is 0 Å². The molecule has 0 bridgehead atoms. The summed E-state index contributed by atoms with van der Waals surface area (Å²) >= 11 is 0. The fraction of sp³-hybridized carbons (Fsp3) is 0.292. The highest BCUT2D eigenvalue weighted by Crippen LogP contribution is 2.26. The molecule has 8 nitrogen and oxygen atoms in total. The maximum Gasteiger partial charge on any atom is 0.269 e. The van der Waals surface area contributed by atoms with Crippen molar-refractivity contribution in [2.24, 2.45) is 0 Å². The molecular weight excluding hydrogens is 440 g/mol. The number of nitrogens with one attached hydrogen (secondary N) is 1. The lowest BCUT2D eigenvalue weighted by Crippen LogP contribution is -2.36. The van der Waals surface area contributed by atoms with Crippen molar-refractivity contribution in [3.8, 4) is 0 Å². The van der Waals surface area contributed by atoms with E-state index < -0.39 is 9.84 Å². The fourth-order valence-corrected chi connectivity index (χ4v) is 4.70. The van der Waals surface area contributed by atoms with E-state index in [0.717, 1.165) is 28.3 Å². The second-order valence-electron chi connectivity index (χ2n) is 8.50. The van der Waals surface area contributed by atoms with Gasteiger partial charge in [-0.15, -0.1) is 0 Å². The molecule has 0 aliphatic carbocycles. The van der Waals surface area contributed by atoms with Crippen molar-refractivity contribution in [2.75, 3.05) is 33.4 Å². The molecule has 1 aromatic carbocycles. The van der Waals surface area contributed by atoms with Crippen molar-refractivity contribution in [3.05, 3.63) is 71.2 Å². The number of aromatic nitrogens is 2. The van der Waals surface area contributed by atoms with Gasteiger partial charge >= 0.3 is 0 Å². The Hall–Kier alpha value is -3.46. The van der Waals surface area contributed by atoms with Gasteiger partial charge in [0.2, 0.25) is 0 Å². The molecule has 0 saturated carbocycles. The highest BCUT2D eigenvalue weighted by Gasteiger charge is 2.24. The summed E-state index contributed by atoms with van der Waals surface area (Å²) in [5, 5.41) is 0.939. The van der Waals surface area contributed by atoms with Crippen LogP contribution >= 0.6 is 0 Å². The first-order valence-electron chi connectivity index (χ1n) is 10.6. The zero-order valence-electron chi connectivity index (χ0n) is 18.8. The van der Waals surface area contributed by atoms with Gasteiger partial charge in [-0.25, -0.2) is 8.42 Å². The number of carbonyl (C=O) groups is 2. The lowest BCUT2D eigenvalue weighted by molar-refractivity contribution is 0.0772. The van der Waals surface area contributed by atoms with E-state index in [2.05, 4.69) is 16.0 Å². The number of rotatable bonds is 5. The molecule has 9 heteroatoms. The summed E-state index contributed by atoms with van der Waals surface area (Å²) in [4.78, 5) is 36.1. The number of pyridine rings is 1. The Morgan fingerprint density at radius 2 is 1.97 bits per heavy atom. The summed E-state index contributed by atoms with van der Waals surface area (Å²) in [6.07, 6.45) is 5.43. The third-order valence-corrected chi connectivity index (χ3v) is 6.39. The number of hydrogen-bond donors (Lipinski definition) is 1. The number of amides is 2. The molecule has 3 heterocycles. The summed E-state index contributed by atoms with van der Waals surface area (Å²) in [7, 11) is 0.0960. The summed E-state index contributed by atoms with van der Waals surface area (Å²) in [5.41, 5.74) is 3.93. The lowest BCUT2D eigenvalue weighted by atomic mass is 9.99. The Morgan fingerprint density at radius 3 is 2.70 bits per heavy atom. The molecule has 1 N–H and O–H groups in total. The van der Waals surface area contributed by atoms with Crippen LogP contribution in [0.3, 0.4) is 0 Å². The molecule has 1 aliphatic heterocycles. The molecule has 2 aromatic heterocycles. The standard InChI is InChI=1S/C24H26N4O4S/c1-27(2)24(30)21-13-17-9-8-16(12-20(17)26-21)18-6-5-11-28(14-18)23(29)19-7-4-10-25-22(19)15-33(3,31)32/h4,6-10,12-13,26H,5,11,14-15H2,1-3H3. The minimum atomic E-state index is -3.32. The molecule has 0 spiro atoms. The van der Waals surface area contributed by atoms with Gasteiger partial charge in [0.05, 0.1) is 17.0 Å². The van der Waals surface area contributed by atoms with Gasteiger partial charge in [0, 0.05) is 50.5 Å². The number of H-pyrrole nitrogens is 1. The number of fused-ring (bicyclic) bond motifs is 1. The molecule has 2 amide bonds. The van der Waals surface area contributed by atoms with Crippen LogP contribution in [0.4, 0.5) is 0 Å². The quantitative estimate of drug-likeness (QED) is 0.623. The van der Waals surface area contributed by atoms with Crippen LogP contribution < -0.4 is 0 Å². The van der Waals surface area contributed by atoms with E-state index in [4.69, 9.17) is 0 Å². The largest absolute Gasteiger partial charge is 0.351 e. The monoisotopic (exact) mass is 466 g/mol. The minimum Gasteiger partial charge on any atom is -0.351 e. The van der Waals surface area contributed by atoms with Gasteiger partial charge in [0.25, 0.3) is 11.8 Å². The van der Waals surface area contributed by atoms with Crippen LogP contribution in [0.1, 0.15) is 38.5 Å². The molecule has 0 saturated heterocycles. The Balaban J connectivity index is 1.58. The topological polar surface area (TPSA) is 103 Å². The van der Waals surface area contributed by atoms with E-state index in [1.54, 1.807) is 31.1 Å². The highest BCUT2D eigenvalue weighted by atomic mass is 32.2. The number of nitrogens with zero attached hydrogens (tertiary/aromatic N) is 3. The maximum atomic E-state index is 13.3.